The molecule has 0 aliphatic heterocycles. The lowest BCUT2D eigenvalue weighted by Crippen LogP contribution is -2.19. The predicted octanol–water partition coefficient (Wildman–Crippen LogP) is 3.41. The molecule has 0 saturated heterocycles. The maximum absolute atomic E-state index is 13.1. The first-order valence-electron chi connectivity index (χ1n) is 8.34. The van der Waals surface area contributed by atoms with Crippen LogP contribution in [0.4, 0.5) is 0 Å². The fourth-order valence-corrected chi connectivity index (χ4v) is 4.20. The monoisotopic (exact) mass is 411 g/mol. The van der Waals surface area contributed by atoms with Gasteiger partial charge in [0.25, 0.3) is 0 Å². The molecule has 2 aromatic rings. The lowest BCUT2D eigenvalue weighted by Gasteiger charge is -2.15. The van der Waals surface area contributed by atoms with Crippen molar-refractivity contribution in [1.29, 1.82) is 0 Å². The van der Waals surface area contributed by atoms with Gasteiger partial charge in [-0.3, -0.25) is 4.79 Å². The van der Waals surface area contributed by atoms with Crippen molar-refractivity contribution in [3.63, 3.8) is 0 Å². The van der Waals surface area contributed by atoms with E-state index in [1.165, 1.54) is 18.3 Å². The SMILES string of the molecule is CC(C)OC(=O)c1c(Cl)ccc(C(=O)c2cnoc2C2CC2)c1S(C)(=O)=O. The van der Waals surface area contributed by atoms with Crippen molar-refractivity contribution >= 4 is 33.2 Å². The first-order valence-corrected chi connectivity index (χ1v) is 10.6. The molecular formula is C18H18ClNO6S. The predicted molar refractivity (Wildman–Crippen MR) is 97.0 cm³/mol. The highest BCUT2D eigenvalue weighted by atomic mass is 35.5. The van der Waals surface area contributed by atoms with Crippen LogP contribution in [0.5, 0.6) is 0 Å². The van der Waals surface area contributed by atoms with Gasteiger partial charge in [0.1, 0.15) is 0 Å². The number of rotatable bonds is 6. The smallest absolute Gasteiger partial charge is 0.341 e. The van der Waals surface area contributed by atoms with Gasteiger partial charge >= 0.3 is 5.97 Å². The van der Waals surface area contributed by atoms with Crippen molar-refractivity contribution in [3.8, 4) is 0 Å². The number of halogens is 1. The van der Waals surface area contributed by atoms with Gasteiger partial charge in [0.2, 0.25) is 0 Å². The van der Waals surface area contributed by atoms with Gasteiger partial charge in [-0.2, -0.15) is 0 Å². The number of nitrogens with zero attached hydrogens (tertiary/aromatic N) is 1. The summed E-state index contributed by atoms with van der Waals surface area (Å²) in [5.74, 6) is -0.960. The van der Waals surface area contributed by atoms with Crippen LogP contribution < -0.4 is 0 Å². The maximum Gasteiger partial charge on any atom is 0.341 e. The van der Waals surface area contributed by atoms with Gasteiger partial charge in [0.05, 0.1) is 33.3 Å². The van der Waals surface area contributed by atoms with Crippen LogP contribution in [-0.2, 0) is 14.6 Å². The van der Waals surface area contributed by atoms with E-state index >= 15 is 0 Å². The Kier molecular flexibility index (Phi) is 5.14. The van der Waals surface area contributed by atoms with E-state index in [1.54, 1.807) is 13.8 Å². The fourth-order valence-electron chi connectivity index (χ4n) is 2.79. The zero-order chi connectivity index (χ0) is 19.9. The van der Waals surface area contributed by atoms with E-state index in [0.29, 0.717) is 5.76 Å². The number of aromatic nitrogens is 1. The Morgan fingerprint density at radius 2 is 1.93 bits per heavy atom. The van der Waals surface area contributed by atoms with Gasteiger partial charge in [0.15, 0.2) is 21.4 Å². The minimum absolute atomic E-state index is 0.103. The average Bonchev–Trinajstić information content (AvgIpc) is 3.29. The molecule has 1 aromatic heterocycles. The highest BCUT2D eigenvalue weighted by Gasteiger charge is 2.35. The average molecular weight is 412 g/mol. The summed E-state index contributed by atoms with van der Waals surface area (Å²) in [5.41, 5.74) is -0.321. The van der Waals surface area contributed by atoms with E-state index in [0.717, 1.165) is 19.1 Å². The fraction of sp³-hybridized carbons (Fsp3) is 0.389. The number of sulfone groups is 1. The van der Waals surface area contributed by atoms with Crippen molar-refractivity contribution in [1.82, 2.24) is 5.16 Å². The number of hydrogen-bond donors (Lipinski definition) is 0. The van der Waals surface area contributed by atoms with Gasteiger partial charge in [-0.25, -0.2) is 13.2 Å². The summed E-state index contributed by atoms with van der Waals surface area (Å²) in [5, 5.41) is 3.57. The first-order chi connectivity index (χ1) is 12.6. The molecule has 1 saturated carbocycles. The summed E-state index contributed by atoms with van der Waals surface area (Å²) in [6, 6.07) is 2.60. The van der Waals surface area contributed by atoms with E-state index < -0.39 is 32.6 Å². The lowest BCUT2D eigenvalue weighted by atomic mass is 10.0. The van der Waals surface area contributed by atoms with Crippen LogP contribution in [-0.4, -0.2) is 37.7 Å². The molecule has 7 nitrogen and oxygen atoms in total. The number of ether oxygens (including phenoxy) is 1. The van der Waals surface area contributed by atoms with Crippen molar-refractivity contribution in [2.24, 2.45) is 0 Å². The van der Waals surface area contributed by atoms with Crippen LogP contribution in [0.1, 0.15) is 64.6 Å². The number of esters is 1. The summed E-state index contributed by atoms with van der Waals surface area (Å²) in [4.78, 5) is 25.1. The third kappa shape index (κ3) is 3.91. The molecule has 0 radical (unpaired) electrons. The molecule has 1 aliphatic carbocycles. The van der Waals surface area contributed by atoms with Gasteiger partial charge < -0.3 is 9.26 Å². The Labute approximate surface area is 161 Å². The molecule has 27 heavy (non-hydrogen) atoms. The third-order valence-electron chi connectivity index (χ3n) is 4.06. The summed E-state index contributed by atoms with van der Waals surface area (Å²) in [6.07, 6.45) is 3.45. The van der Waals surface area contributed by atoms with Crippen LogP contribution in [0.25, 0.3) is 0 Å². The van der Waals surface area contributed by atoms with Crippen LogP contribution in [0, 0.1) is 0 Å². The van der Waals surface area contributed by atoms with E-state index in [-0.39, 0.29) is 27.6 Å². The Hall–Kier alpha value is -2.19. The molecule has 0 amide bonds. The molecule has 1 fully saturated rings. The number of benzene rings is 1. The Balaban J connectivity index is 2.19. The second kappa shape index (κ2) is 7.09. The van der Waals surface area contributed by atoms with Crippen LogP contribution in [0.3, 0.4) is 0 Å². The van der Waals surface area contributed by atoms with E-state index in [2.05, 4.69) is 5.16 Å². The van der Waals surface area contributed by atoms with Crippen molar-refractivity contribution in [2.45, 2.75) is 43.6 Å². The Bertz CT molecular complexity index is 1020. The van der Waals surface area contributed by atoms with Crippen molar-refractivity contribution in [2.75, 3.05) is 6.26 Å². The minimum Gasteiger partial charge on any atom is -0.459 e. The highest BCUT2D eigenvalue weighted by molar-refractivity contribution is 7.90. The van der Waals surface area contributed by atoms with E-state index in [4.69, 9.17) is 20.9 Å². The van der Waals surface area contributed by atoms with Crippen molar-refractivity contribution in [3.05, 3.63) is 45.8 Å². The highest BCUT2D eigenvalue weighted by Crippen LogP contribution is 2.42. The quantitative estimate of drug-likeness (QED) is 0.529. The van der Waals surface area contributed by atoms with Crippen LogP contribution in [0.15, 0.2) is 27.7 Å². The second-order valence-corrected chi connectivity index (χ2v) is 9.09. The molecule has 0 atom stereocenters. The molecule has 1 heterocycles. The van der Waals surface area contributed by atoms with E-state index in [1.807, 2.05) is 0 Å². The minimum atomic E-state index is -3.98. The largest absolute Gasteiger partial charge is 0.459 e. The summed E-state index contributed by atoms with van der Waals surface area (Å²) in [6.45, 7) is 3.25. The second-order valence-electron chi connectivity index (χ2n) is 6.73. The molecule has 0 bridgehead atoms. The standard InChI is InChI=1S/C18H18ClNO6S/c1-9(2)25-18(22)14-13(19)7-6-11(17(14)27(3,23)24)15(21)12-8-20-26-16(12)10-4-5-10/h6-10H,4-5H2,1-3H3. The molecule has 0 spiro atoms. The zero-order valence-electron chi connectivity index (χ0n) is 15.0. The molecule has 144 valence electrons. The van der Waals surface area contributed by atoms with Crippen molar-refractivity contribution < 1.29 is 27.3 Å². The maximum atomic E-state index is 13.1. The summed E-state index contributed by atoms with van der Waals surface area (Å²) in [7, 11) is -3.98. The van der Waals surface area contributed by atoms with Gasteiger partial charge in [-0.1, -0.05) is 16.8 Å². The molecule has 1 aliphatic rings. The lowest BCUT2D eigenvalue weighted by molar-refractivity contribution is 0.0373. The number of ketones is 1. The topological polar surface area (TPSA) is 104 Å². The summed E-state index contributed by atoms with van der Waals surface area (Å²) < 4.78 is 35.2. The van der Waals surface area contributed by atoms with Gasteiger partial charge in [-0.15, -0.1) is 0 Å². The van der Waals surface area contributed by atoms with Crippen LogP contribution in [0.2, 0.25) is 5.02 Å². The molecule has 3 rings (SSSR count). The van der Waals surface area contributed by atoms with Crippen LogP contribution >= 0.6 is 11.6 Å². The normalized spacial score (nSPS) is 14.4. The molecular weight excluding hydrogens is 394 g/mol. The molecule has 9 heteroatoms. The zero-order valence-corrected chi connectivity index (χ0v) is 16.6. The number of carbonyl (C=O) groups excluding carboxylic acids is 2. The number of hydrogen-bond acceptors (Lipinski definition) is 7. The number of carbonyl (C=O) groups is 2. The third-order valence-corrected chi connectivity index (χ3v) is 5.54. The molecule has 1 aromatic carbocycles. The van der Waals surface area contributed by atoms with Gasteiger partial charge in [0, 0.05) is 17.7 Å². The first kappa shape index (κ1) is 19.6. The van der Waals surface area contributed by atoms with Gasteiger partial charge in [-0.05, 0) is 38.8 Å². The Morgan fingerprint density at radius 1 is 1.26 bits per heavy atom. The molecule has 0 unspecified atom stereocenters. The molecule has 0 N–H and O–H groups in total. The van der Waals surface area contributed by atoms with E-state index in [9.17, 15) is 18.0 Å². The summed E-state index contributed by atoms with van der Waals surface area (Å²) >= 11 is 6.10. The Morgan fingerprint density at radius 3 is 2.48 bits per heavy atom.